The predicted octanol–water partition coefficient (Wildman–Crippen LogP) is 2.13. The van der Waals surface area contributed by atoms with Crippen molar-refractivity contribution in [1.82, 2.24) is 0 Å². The summed E-state index contributed by atoms with van der Waals surface area (Å²) in [5.41, 5.74) is 6.85. The summed E-state index contributed by atoms with van der Waals surface area (Å²) in [6.07, 6.45) is 0.795. The van der Waals surface area contributed by atoms with Crippen molar-refractivity contribution in [3.63, 3.8) is 0 Å². The SMILES string of the molecule is COc1ccc(Cl)c2c1[C@H](N)CCO2. The maximum atomic E-state index is 6.00. The molecule has 0 aliphatic carbocycles. The van der Waals surface area contributed by atoms with Gasteiger partial charge in [-0.15, -0.1) is 0 Å². The Balaban J connectivity index is 2.58. The molecule has 0 fully saturated rings. The number of rotatable bonds is 1. The third-order valence-corrected chi connectivity index (χ3v) is 2.67. The van der Waals surface area contributed by atoms with E-state index >= 15 is 0 Å². The van der Waals surface area contributed by atoms with Crippen LogP contribution in [0.25, 0.3) is 0 Å². The van der Waals surface area contributed by atoms with Gasteiger partial charge in [-0.2, -0.15) is 0 Å². The average Bonchev–Trinajstić information content (AvgIpc) is 2.20. The predicted molar refractivity (Wildman–Crippen MR) is 55.0 cm³/mol. The van der Waals surface area contributed by atoms with Crippen LogP contribution < -0.4 is 15.2 Å². The van der Waals surface area contributed by atoms with Crippen LogP contribution in [0.4, 0.5) is 0 Å². The molecule has 0 unspecified atom stereocenters. The first-order valence-electron chi connectivity index (χ1n) is 4.49. The van der Waals surface area contributed by atoms with E-state index in [-0.39, 0.29) is 6.04 Å². The molecule has 1 atom stereocenters. The molecule has 0 amide bonds. The van der Waals surface area contributed by atoms with Crippen molar-refractivity contribution in [3.05, 3.63) is 22.7 Å². The second-order valence-electron chi connectivity index (χ2n) is 3.24. The molecule has 0 saturated heterocycles. The highest BCUT2D eigenvalue weighted by molar-refractivity contribution is 6.32. The first kappa shape index (κ1) is 9.62. The summed E-state index contributed by atoms with van der Waals surface area (Å²) in [6.45, 7) is 0.612. The molecule has 1 aliphatic heterocycles. The Bertz CT molecular complexity index is 354. The van der Waals surface area contributed by atoms with Crippen LogP contribution in [0.3, 0.4) is 0 Å². The van der Waals surface area contributed by atoms with Crippen molar-refractivity contribution in [3.8, 4) is 11.5 Å². The zero-order valence-electron chi connectivity index (χ0n) is 7.92. The molecule has 0 aromatic heterocycles. The molecular weight excluding hydrogens is 202 g/mol. The summed E-state index contributed by atoms with van der Waals surface area (Å²) in [6, 6.07) is 3.53. The fraction of sp³-hybridized carbons (Fsp3) is 0.400. The van der Waals surface area contributed by atoms with Crippen LogP contribution in [-0.2, 0) is 0 Å². The van der Waals surface area contributed by atoms with Crippen molar-refractivity contribution in [2.24, 2.45) is 5.73 Å². The second-order valence-corrected chi connectivity index (χ2v) is 3.64. The Kier molecular flexibility index (Phi) is 2.52. The molecule has 2 rings (SSSR count). The van der Waals surface area contributed by atoms with Gasteiger partial charge in [-0.05, 0) is 12.1 Å². The number of hydrogen-bond acceptors (Lipinski definition) is 3. The molecule has 1 heterocycles. The lowest BCUT2D eigenvalue weighted by Crippen LogP contribution is -2.21. The quantitative estimate of drug-likeness (QED) is 0.777. The van der Waals surface area contributed by atoms with Gasteiger partial charge in [-0.1, -0.05) is 11.6 Å². The van der Waals surface area contributed by atoms with E-state index < -0.39 is 0 Å². The molecule has 0 bridgehead atoms. The highest BCUT2D eigenvalue weighted by atomic mass is 35.5. The molecular formula is C10H12ClNO2. The normalized spacial score (nSPS) is 19.8. The van der Waals surface area contributed by atoms with Gasteiger partial charge in [0.25, 0.3) is 0 Å². The van der Waals surface area contributed by atoms with Gasteiger partial charge in [0.2, 0.25) is 0 Å². The Morgan fingerprint density at radius 2 is 2.36 bits per heavy atom. The number of methoxy groups -OCH3 is 1. The Labute approximate surface area is 87.8 Å². The lowest BCUT2D eigenvalue weighted by molar-refractivity contribution is 0.263. The van der Waals surface area contributed by atoms with E-state index in [0.29, 0.717) is 17.4 Å². The number of halogens is 1. The van der Waals surface area contributed by atoms with Crippen molar-refractivity contribution < 1.29 is 9.47 Å². The summed E-state index contributed by atoms with van der Waals surface area (Å²) in [5.74, 6) is 1.42. The minimum atomic E-state index is -0.0487. The van der Waals surface area contributed by atoms with Crippen LogP contribution in [0.5, 0.6) is 11.5 Å². The number of ether oxygens (including phenoxy) is 2. The second kappa shape index (κ2) is 3.67. The maximum Gasteiger partial charge on any atom is 0.146 e. The molecule has 1 aromatic carbocycles. The van der Waals surface area contributed by atoms with Crippen molar-refractivity contribution in [2.75, 3.05) is 13.7 Å². The van der Waals surface area contributed by atoms with Gasteiger partial charge in [0.05, 0.1) is 24.3 Å². The van der Waals surface area contributed by atoms with Crippen molar-refractivity contribution >= 4 is 11.6 Å². The van der Waals surface area contributed by atoms with Gasteiger partial charge in [-0.25, -0.2) is 0 Å². The standard InChI is InChI=1S/C10H12ClNO2/c1-13-8-3-2-6(11)10-9(8)7(12)4-5-14-10/h2-3,7H,4-5,12H2,1H3/t7-/m1/s1. The molecule has 76 valence electrons. The fourth-order valence-corrected chi connectivity index (χ4v) is 1.88. The first-order valence-corrected chi connectivity index (χ1v) is 4.86. The highest BCUT2D eigenvalue weighted by Gasteiger charge is 2.24. The summed E-state index contributed by atoms with van der Waals surface area (Å²) >= 11 is 6.00. The largest absolute Gasteiger partial charge is 0.496 e. The third kappa shape index (κ3) is 1.42. The molecule has 3 nitrogen and oxygen atoms in total. The zero-order chi connectivity index (χ0) is 10.1. The van der Waals surface area contributed by atoms with Gasteiger partial charge < -0.3 is 15.2 Å². The maximum absolute atomic E-state index is 6.00. The summed E-state index contributed by atoms with van der Waals surface area (Å²) in [5, 5.41) is 0.593. The lowest BCUT2D eigenvalue weighted by atomic mass is 10.0. The molecule has 2 N–H and O–H groups in total. The summed E-state index contributed by atoms with van der Waals surface area (Å²) in [4.78, 5) is 0. The van der Waals surface area contributed by atoms with E-state index in [4.69, 9.17) is 26.8 Å². The molecule has 4 heteroatoms. The highest BCUT2D eigenvalue weighted by Crippen LogP contribution is 2.42. The molecule has 1 aromatic rings. The minimum absolute atomic E-state index is 0.0487. The van der Waals surface area contributed by atoms with Gasteiger partial charge in [0.1, 0.15) is 11.5 Å². The number of fused-ring (bicyclic) bond motifs is 1. The third-order valence-electron chi connectivity index (χ3n) is 2.37. The molecule has 1 aliphatic rings. The van der Waals surface area contributed by atoms with Crippen LogP contribution in [0, 0.1) is 0 Å². The van der Waals surface area contributed by atoms with Crippen molar-refractivity contribution in [1.29, 1.82) is 0 Å². The Morgan fingerprint density at radius 3 is 3.07 bits per heavy atom. The molecule has 0 saturated carbocycles. The van der Waals surface area contributed by atoms with Crippen LogP contribution in [0.1, 0.15) is 18.0 Å². The van der Waals surface area contributed by atoms with Crippen LogP contribution in [-0.4, -0.2) is 13.7 Å². The monoisotopic (exact) mass is 213 g/mol. The van der Waals surface area contributed by atoms with Crippen LogP contribution >= 0.6 is 11.6 Å². The molecule has 0 spiro atoms. The Hall–Kier alpha value is -0.930. The zero-order valence-corrected chi connectivity index (χ0v) is 8.67. The summed E-state index contributed by atoms with van der Waals surface area (Å²) < 4.78 is 10.7. The van der Waals surface area contributed by atoms with Crippen molar-refractivity contribution in [2.45, 2.75) is 12.5 Å². The lowest BCUT2D eigenvalue weighted by Gasteiger charge is -2.25. The van der Waals surface area contributed by atoms with Gasteiger partial charge in [-0.3, -0.25) is 0 Å². The van der Waals surface area contributed by atoms with Gasteiger partial charge in [0, 0.05) is 12.5 Å². The van der Waals surface area contributed by atoms with Crippen LogP contribution in [0.2, 0.25) is 5.02 Å². The van der Waals surface area contributed by atoms with E-state index in [1.54, 1.807) is 13.2 Å². The van der Waals surface area contributed by atoms with E-state index in [2.05, 4.69) is 0 Å². The number of hydrogen-bond donors (Lipinski definition) is 1. The van der Waals surface area contributed by atoms with E-state index in [1.807, 2.05) is 6.07 Å². The smallest absolute Gasteiger partial charge is 0.146 e. The van der Waals surface area contributed by atoms with Crippen LogP contribution in [0.15, 0.2) is 12.1 Å². The van der Waals surface area contributed by atoms with Gasteiger partial charge in [0.15, 0.2) is 0 Å². The minimum Gasteiger partial charge on any atom is -0.496 e. The molecule has 0 radical (unpaired) electrons. The molecule has 14 heavy (non-hydrogen) atoms. The topological polar surface area (TPSA) is 44.5 Å². The Morgan fingerprint density at radius 1 is 1.57 bits per heavy atom. The summed E-state index contributed by atoms with van der Waals surface area (Å²) in [7, 11) is 1.62. The van der Waals surface area contributed by atoms with Gasteiger partial charge >= 0.3 is 0 Å². The number of benzene rings is 1. The average molecular weight is 214 g/mol. The fourth-order valence-electron chi connectivity index (χ4n) is 1.66. The van der Waals surface area contributed by atoms with E-state index in [9.17, 15) is 0 Å². The van der Waals surface area contributed by atoms with E-state index in [1.165, 1.54) is 0 Å². The van der Waals surface area contributed by atoms with E-state index in [0.717, 1.165) is 17.7 Å². The number of nitrogens with two attached hydrogens (primary N) is 1. The first-order chi connectivity index (χ1) is 6.74.